The molecule has 0 unspecified atom stereocenters. The maximum absolute atomic E-state index is 3.52. The van der Waals surface area contributed by atoms with E-state index in [0.717, 1.165) is 5.56 Å². The molecule has 0 amide bonds. The smallest absolute Gasteiger partial charge is 0.121 e. The standard InChI is InChI=1S/C17H18Si/c1-15-9-7-8-12-17(15)18(2,3)14-13-16-10-5-4-6-11-16/h4-12H,1-3H3. The number of hydrogen-bond acceptors (Lipinski definition) is 0. The lowest BCUT2D eigenvalue weighted by Crippen LogP contribution is -2.41. The van der Waals surface area contributed by atoms with E-state index in [9.17, 15) is 0 Å². The van der Waals surface area contributed by atoms with Crippen molar-refractivity contribution in [3.8, 4) is 11.5 Å². The van der Waals surface area contributed by atoms with E-state index >= 15 is 0 Å². The summed E-state index contributed by atoms with van der Waals surface area (Å²) in [5.41, 5.74) is 5.98. The van der Waals surface area contributed by atoms with Gasteiger partial charge in [-0.1, -0.05) is 67.0 Å². The molecule has 1 heteroatoms. The van der Waals surface area contributed by atoms with Crippen molar-refractivity contribution < 1.29 is 0 Å². The van der Waals surface area contributed by atoms with E-state index in [-0.39, 0.29) is 0 Å². The number of rotatable bonds is 1. The van der Waals surface area contributed by atoms with Gasteiger partial charge in [-0.3, -0.25) is 0 Å². The first-order chi connectivity index (χ1) is 8.59. The fraction of sp³-hybridized carbons (Fsp3) is 0.176. The van der Waals surface area contributed by atoms with Crippen molar-refractivity contribution >= 4 is 13.3 Å². The maximum atomic E-state index is 3.52. The Hall–Kier alpha value is -1.78. The number of aryl methyl sites for hydroxylation is 1. The highest BCUT2D eigenvalue weighted by atomic mass is 28.3. The molecule has 0 heterocycles. The Bertz CT molecular complexity index is 586. The van der Waals surface area contributed by atoms with Crippen LogP contribution in [-0.2, 0) is 0 Å². The molecule has 0 saturated heterocycles. The monoisotopic (exact) mass is 250 g/mol. The molecule has 0 radical (unpaired) electrons. The molecule has 2 rings (SSSR count). The molecule has 0 aliphatic rings. The quantitative estimate of drug-likeness (QED) is 0.537. The topological polar surface area (TPSA) is 0 Å². The number of hydrogen-bond donors (Lipinski definition) is 0. The van der Waals surface area contributed by atoms with Gasteiger partial charge in [-0.25, -0.2) is 0 Å². The van der Waals surface area contributed by atoms with Crippen molar-refractivity contribution in [3.63, 3.8) is 0 Å². The summed E-state index contributed by atoms with van der Waals surface area (Å²) in [7, 11) is -1.67. The van der Waals surface area contributed by atoms with Crippen LogP contribution in [0.5, 0.6) is 0 Å². The first-order valence-corrected chi connectivity index (χ1v) is 9.24. The highest BCUT2D eigenvalue weighted by Gasteiger charge is 2.22. The molecule has 90 valence electrons. The lowest BCUT2D eigenvalue weighted by molar-refractivity contribution is 1.50. The fourth-order valence-corrected chi connectivity index (χ4v) is 4.26. The maximum Gasteiger partial charge on any atom is 0.163 e. The van der Waals surface area contributed by atoms with Gasteiger partial charge in [0.05, 0.1) is 0 Å². The van der Waals surface area contributed by atoms with Crippen LogP contribution in [0.4, 0.5) is 0 Å². The lowest BCUT2D eigenvalue weighted by Gasteiger charge is -2.17. The molecule has 0 aromatic heterocycles. The van der Waals surface area contributed by atoms with E-state index < -0.39 is 8.07 Å². The van der Waals surface area contributed by atoms with Crippen LogP contribution in [0.1, 0.15) is 11.1 Å². The van der Waals surface area contributed by atoms with Crippen LogP contribution in [0.2, 0.25) is 13.1 Å². The van der Waals surface area contributed by atoms with Gasteiger partial charge in [0.15, 0.2) is 8.07 Å². The van der Waals surface area contributed by atoms with E-state index in [1.54, 1.807) is 0 Å². The minimum absolute atomic E-state index is 1.10. The first-order valence-electron chi connectivity index (χ1n) is 6.24. The van der Waals surface area contributed by atoms with Crippen molar-refractivity contribution in [1.29, 1.82) is 0 Å². The molecule has 0 bridgehead atoms. The molecular formula is C17H18Si. The Morgan fingerprint density at radius 2 is 1.44 bits per heavy atom. The molecule has 0 saturated carbocycles. The summed E-state index contributed by atoms with van der Waals surface area (Å²) in [4.78, 5) is 0. The zero-order valence-corrected chi connectivity index (χ0v) is 12.2. The second-order valence-electron chi connectivity index (χ2n) is 5.06. The van der Waals surface area contributed by atoms with Crippen molar-refractivity contribution in [1.82, 2.24) is 0 Å². The molecule has 2 aromatic rings. The van der Waals surface area contributed by atoms with Crippen molar-refractivity contribution in [2.45, 2.75) is 20.0 Å². The summed E-state index contributed by atoms with van der Waals surface area (Å²) >= 11 is 0. The van der Waals surface area contributed by atoms with E-state index in [1.165, 1.54) is 10.8 Å². The molecule has 0 nitrogen and oxygen atoms in total. The second-order valence-corrected chi connectivity index (χ2v) is 9.09. The molecule has 0 spiro atoms. The summed E-state index contributed by atoms with van der Waals surface area (Å²) in [6, 6.07) is 18.8. The van der Waals surface area contributed by atoms with Gasteiger partial charge in [0.2, 0.25) is 0 Å². The van der Waals surface area contributed by atoms with Crippen LogP contribution in [0.3, 0.4) is 0 Å². The van der Waals surface area contributed by atoms with E-state index in [1.807, 2.05) is 18.2 Å². The predicted octanol–water partition coefficient (Wildman–Crippen LogP) is 3.50. The van der Waals surface area contributed by atoms with E-state index in [0.29, 0.717) is 0 Å². The van der Waals surface area contributed by atoms with Crippen LogP contribution >= 0.6 is 0 Å². The van der Waals surface area contributed by atoms with Gasteiger partial charge in [-0.2, -0.15) is 0 Å². The highest BCUT2D eigenvalue weighted by Crippen LogP contribution is 2.06. The van der Waals surface area contributed by atoms with Crippen LogP contribution in [0, 0.1) is 18.4 Å². The lowest BCUT2D eigenvalue weighted by atomic mass is 10.2. The fourth-order valence-electron chi connectivity index (χ4n) is 2.09. The Balaban J connectivity index is 2.34. The minimum atomic E-state index is -1.67. The zero-order valence-electron chi connectivity index (χ0n) is 11.2. The van der Waals surface area contributed by atoms with Crippen molar-refractivity contribution in [3.05, 3.63) is 65.7 Å². The SMILES string of the molecule is Cc1ccccc1[Si](C)(C)C#Cc1ccccc1. The van der Waals surface area contributed by atoms with Gasteiger partial charge in [-0.15, -0.1) is 5.54 Å². The molecule has 0 aliphatic heterocycles. The normalized spacial score (nSPS) is 10.6. The molecule has 0 aliphatic carbocycles. The summed E-state index contributed by atoms with van der Waals surface area (Å²) in [6.07, 6.45) is 0. The first kappa shape index (κ1) is 12.7. The van der Waals surface area contributed by atoms with Crippen LogP contribution in [0.25, 0.3) is 0 Å². The summed E-state index contributed by atoms with van der Waals surface area (Å²) in [5.74, 6) is 3.32. The minimum Gasteiger partial charge on any atom is -0.121 e. The second kappa shape index (κ2) is 5.24. The molecule has 0 atom stereocenters. The average Bonchev–Trinajstić information content (AvgIpc) is 2.38. The molecule has 0 fully saturated rings. The molecule has 18 heavy (non-hydrogen) atoms. The van der Waals surface area contributed by atoms with Crippen LogP contribution in [0.15, 0.2) is 54.6 Å². The largest absolute Gasteiger partial charge is 0.163 e. The van der Waals surface area contributed by atoms with Gasteiger partial charge in [0.25, 0.3) is 0 Å². The Kier molecular flexibility index (Phi) is 3.69. The Labute approximate surface area is 111 Å². The van der Waals surface area contributed by atoms with Crippen molar-refractivity contribution in [2.75, 3.05) is 0 Å². The predicted molar refractivity (Wildman–Crippen MR) is 81.6 cm³/mol. The van der Waals surface area contributed by atoms with Crippen molar-refractivity contribution in [2.24, 2.45) is 0 Å². The third-order valence-corrected chi connectivity index (χ3v) is 5.77. The average molecular weight is 250 g/mol. The molecule has 2 aromatic carbocycles. The van der Waals surface area contributed by atoms with Crippen LogP contribution in [-0.4, -0.2) is 8.07 Å². The third-order valence-electron chi connectivity index (χ3n) is 3.11. The number of benzene rings is 2. The van der Waals surface area contributed by atoms with E-state index in [4.69, 9.17) is 0 Å². The van der Waals surface area contributed by atoms with Gasteiger partial charge in [-0.05, 0) is 24.2 Å². The molecular weight excluding hydrogens is 232 g/mol. The highest BCUT2D eigenvalue weighted by molar-refractivity contribution is 6.96. The Morgan fingerprint density at radius 1 is 0.833 bits per heavy atom. The van der Waals surface area contributed by atoms with Gasteiger partial charge < -0.3 is 0 Å². The van der Waals surface area contributed by atoms with Gasteiger partial charge in [0, 0.05) is 5.56 Å². The zero-order chi connectivity index (χ0) is 13.0. The summed E-state index contributed by atoms with van der Waals surface area (Å²) in [5, 5.41) is 1.44. The van der Waals surface area contributed by atoms with E-state index in [2.05, 4.69) is 67.9 Å². The third kappa shape index (κ3) is 2.91. The summed E-state index contributed by atoms with van der Waals surface area (Å²) < 4.78 is 0. The summed E-state index contributed by atoms with van der Waals surface area (Å²) in [6.45, 7) is 6.80. The molecule has 0 N–H and O–H groups in total. The van der Waals surface area contributed by atoms with Crippen LogP contribution < -0.4 is 5.19 Å². The Morgan fingerprint density at radius 3 is 2.11 bits per heavy atom. The van der Waals surface area contributed by atoms with Gasteiger partial charge >= 0.3 is 0 Å². The van der Waals surface area contributed by atoms with Gasteiger partial charge in [0.1, 0.15) is 0 Å².